The summed E-state index contributed by atoms with van der Waals surface area (Å²) in [7, 11) is 0. The summed E-state index contributed by atoms with van der Waals surface area (Å²) in [6, 6.07) is 0. The van der Waals surface area contributed by atoms with Crippen molar-refractivity contribution in [1.82, 2.24) is 0 Å². The van der Waals surface area contributed by atoms with Crippen LogP contribution in [-0.4, -0.2) is 11.2 Å². The second-order valence-corrected chi connectivity index (χ2v) is 13.7. The lowest BCUT2D eigenvalue weighted by Gasteiger charge is -2.52. The lowest BCUT2D eigenvalue weighted by Crippen LogP contribution is -2.53. The van der Waals surface area contributed by atoms with Gasteiger partial charge in [0.15, 0.2) is 0 Å². The van der Waals surface area contributed by atoms with Crippen LogP contribution in [0.4, 0.5) is 0 Å². The summed E-state index contributed by atoms with van der Waals surface area (Å²) in [4.78, 5) is 12.6. The molecule has 0 heterocycles. The van der Waals surface area contributed by atoms with Crippen LogP contribution in [0.25, 0.3) is 0 Å². The molecule has 0 bridgehead atoms. The fourth-order valence-corrected chi connectivity index (χ4v) is 7.08. The molecule has 0 rings (SSSR count). The van der Waals surface area contributed by atoms with E-state index < -0.39 is 11.2 Å². The highest BCUT2D eigenvalue weighted by atomic mass is 17.2. The lowest BCUT2D eigenvalue weighted by atomic mass is 9.60. The molecule has 0 N–H and O–H groups in total. The van der Waals surface area contributed by atoms with Gasteiger partial charge in [-0.1, -0.05) is 83.1 Å². The van der Waals surface area contributed by atoms with Crippen LogP contribution in [0.5, 0.6) is 0 Å². The Labute approximate surface area is 165 Å². The monoisotopic (exact) mass is 370 g/mol. The first kappa shape index (κ1) is 25.9. The Morgan fingerprint density at radius 3 is 0.615 bits per heavy atom. The summed E-state index contributed by atoms with van der Waals surface area (Å²) in [6.07, 6.45) is 0. The molecule has 0 fully saturated rings. The Bertz CT molecular complexity index is 373. The van der Waals surface area contributed by atoms with E-state index in [2.05, 4.69) is 111 Å². The van der Waals surface area contributed by atoms with E-state index in [4.69, 9.17) is 9.78 Å². The topological polar surface area (TPSA) is 18.5 Å². The van der Waals surface area contributed by atoms with Gasteiger partial charge in [0.25, 0.3) is 0 Å². The zero-order valence-electron chi connectivity index (χ0n) is 21.0. The molecule has 0 amide bonds. The van der Waals surface area contributed by atoms with E-state index in [1.165, 1.54) is 0 Å². The van der Waals surface area contributed by atoms with Crippen LogP contribution in [0.2, 0.25) is 0 Å². The second-order valence-electron chi connectivity index (χ2n) is 13.7. The van der Waals surface area contributed by atoms with Gasteiger partial charge in [-0.05, 0) is 49.4 Å². The van der Waals surface area contributed by atoms with E-state index in [0.717, 1.165) is 0 Å². The van der Waals surface area contributed by atoms with Crippen LogP contribution >= 0.6 is 0 Å². The van der Waals surface area contributed by atoms with Crippen molar-refractivity contribution in [3.05, 3.63) is 0 Å². The Kier molecular flexibility index (Phi) is 7.37. The van der Waals surface area contributed by atoms with Gasteiger partial charge in [-0.25, -0.2) is 9.78 Å². The summed E-state index contributed by atoms with van der Waals surface area (Å²) in [5, 5.41) is 0. The normalized spacial score (nSPS) is 15.9. The Morgan fingerprint density at radius 1 is 0.346 bits per heavy atom. The van der Waals surface area contributed by atoms with Crippen LogP contribution in [0.3, 0.4) is 0 Å². The summed E-state index contributed by atoms with van der Waals surface area (Å²) in [5.74, 6) is 0.669. The molecule has 26 heavy (non-hydrogen) atoms. The van der Waals surface area contributed by atoms with Gasteiger partial charge in [0.05, 0.1) is 0 Å². The van der Waals surface area contributed by atoms with Gasteiger partial charge >= 0.3 is 0 Å². The van der Waals surface area contributed by atoms with Crippen LogP contribution in [-0.2, 0) is 9.78 Å². The fourth-order valence-electron chi connectivity index (χ4n) is 7.08. The molecule has 0 unspecified atom stereocenters. The summed E-state index contributed by atoms with van der Waals surface area (Å²) in [6.45, 7) is 36.3. The molecule has 0 atom stereocenters. The molecule has 0 spiro atoms. The SMILES string of the molecule is CC(C)(C)C(C(C)(C)C)C(C)(C)OOC(C)(C)C(C(C)(C)C)C(C)(C)C. The third-order valence-corrected chi connectivity index (χ3v) is 5.33. The van der Waals surface area contributed by atoms with Crippen LogP contribution < -0.4 is 0 Å². The largest absolute Gasteiger partial charge is 0.230 e. The van der Waals surface area contributed by atoms with Crippen molar-refractivity contribution in [3.63, 3.8) is 0 Å². The number of hydrogen-bond acceptors (Lipinski definition) is 2. The van der Waals surface area contributed by atoms with Gasteiger partial charge in [0.2, 0.25) is 0 Å². The summed E-state index contributed by atoms with van der Waals surface area (Å²) < 4.78 is 0. The van der Waals surface area contributed by atoms with Gasteiger partial charge in [0, 0.05) is 11.8 Å². The zero-order chi connectivity index (χ0) is 21.6. The van der Waals surface area contributed by atoms with Crippen molar-refractivity contribution < 1.29 is 9.78 Å². The van der Waals surface area contributed by atoms with Gasteiger partial charge in [-0.3, -0.25) is 0 Å². The van der Waals surface area contributed by atoms with Gasteiger partial charge in [-0.15, -0.1) is 0 Å². The van der Waals surface area contributed by atoms with E-state index in [0.29, 0.717) is 11.8 Å². The number of rotatable bonds is 5. The predicted octanol–water partition coefficient (Wildman–Crippen LogP) is 7.91. The average molecular weight is 371 g/mol. The molecular formula is C24H50O2. The first-order valence-electron chi connectivity index (χ1n) is 10.3. The first-order valence-corrected chi connectivity index (χ1v) is 10.3. The van der Waals surface area contributed by atoms with Crippen LogP contribution in [0.15, 0.2) is 0 Å². The number of hydrogen-bond donors (Lipinski definition) is 0. The minimum absolute atomic E-state index is 0.114. The third kappa shape index (κ3) is 6.82. The Balaban J connectivity index is 5.71. The van der Waals surface area contributed by atoms with Crippen molar-refractivity contribution in [2.24, 2.45) is 33.5 Å². The Hall–Kier alpha value is -0.0800. The summed E-state index contributed by atoms with van der Waals surface area (Å²) >= 11 is 0. The molecule has 0 aliphatic heterocycles. The van der Waals surface area contributed by atoms with Crippen molar-refractivity contribution in [2.45, 2.75) is 122 Å². The second kappa shape index (κ2) is 7.39. The van der Waals surface area contributed by atoms with E-state index in [9.17, 15) is 0 Å². The minimum Gasteiger partial charge on any atom is -0.230 e. The molecule has 0 aromatic carbocycles. The Morgan fingerprint density at radius 2 is 0.500 bits per heavy atom. The van der Waals surface area contributed by atoms with E-state index >= 15 is 0 Å². The molecule has 0 radical (unpaired) electrons. The standard InChI is InChI=1S/C24H50O2/c1-19(2,3)17(20(4,5)6)23(13,14)25-26-24(15,16)18(21(7,8)9)22(10,11)12/h17-18H,1-16H3. The maximum atomic E-state index is 6.28. The highest BCUT2D eigenvalue weighted by molar-refractivity contribution is 4.96. The predicted molar refractivity (Wildman–Crippen MR) is 115 cm³/mol. The van der Waals surface area contributed by atoms with Gasteiger partial charge in [-0.2, -0.15) is 0 Å². The molecule has 0 aliphatic carbocycles. The maximum Gasteiger partial charge on any atom is 0.102 e. The van der Waals surface area contributed by atoms with Crippen molar-refractivity contribution in [3.8, 4) is 0 Å². The molecule has 0 aliphatic rings. The lowest BCUT2D eigenvalue weighted by molar-refractivity contribution is -0.434. The van der Waals surface area contributed by atoms with Crippen molar-refractivity contribution in [1.29, 1.82) is 0 Å². The van der Waals surface area contributed by atoms with Gasteiger partial charge in [0.1, 0.15) is 11.2 Å². The van der Waals surface area contributed by atoms with Crippen LogP contribution in [0, 0.1) is 33.5 Å². The molecule has 0 aromatic rings. The van der Waals surface area contributed by atoms with E-state index in [-0.39, 0.29) is 21.7 Å². The first-order chi connectivity index (χ1) is 10.9. The molecule has 0 aromatic heterocycles. The summed E-state index contributed by atoms with van der Waals surface area (Å²) in [5.41, 5.74) is -0.334. The maximum absolute atomic E-state index is 6.28. The smallest absolute Gasteiger partial charge is 0.102 e. The minimum atomic E-state index is -0.395. The van der Waals surface area contributed by atoms with E-state index in [1.54, 1.807) is 0 Å². The zero-order valence-corrected chi connectivity index (χ0v) is 21.0. The van der Waals surface area contributed by atoms with Gasteiger partial charge < -0.3 is 0 Å². The van der Waals surface area contributed by atoms with Crippen molar-refractivity contribution >= 4 is 0 Å². The quantitative estimate of drug-likeness (QED) is 0.361. The molecule has 2 heteroatoms. The molecule has 0 saturated carbocycles. The third-order valence-electron chi connectivity index (χ3n) is 5.33. The van der Waals surface area contributed by atoms with Crippen molar-refractivity contribution in [2.75, 3.05) is 0 Å². The highest BCUT2D eigenvalue weighted by Crippen LogP contribution is 2.51. The fraction of sp³-hybridized carbons (Fsp3) is 1.00. The highest BCUT2D eigenvalue weighted by Gasteiger charge is 2.50. The average Bonchev–Trinajstić information content (AvgIpc) is 2.15. The van der Waals surface area contributed by atoms with E-state index in [1.807, 2.05) is 0 Å². The molecule has 158 valence electrons. The molecular weight excluding hydrogens is 320 g/mol. The molecule has 2 nitrogen and oxygen atoms in total. The van der Waals surface area contributed by atoms with Crippen LogP contribution in [0.1, 0.15) is 111 Å². The molecule has 0 saturated heterocycles.